The van der Waals surface area contributed by atoms with Crippen molar-refractivity contribution in [2.75, 3.05) is 50.4 Å². The number of para-hydroxylation sites is 2. The lowest BCUT2D eigenvalue weighted by atomic mass is 10.2. The van der Waals surface area contributed by atoms with Crippen LogP contribution in [0, 0.1) is 0 Å². The predicted molar refractivity (Wildman–Crippen MR) is 107 cm³/mol. The van der Waals surface area contributed by atoms with E-state index in [0.29, 0.717) is 13.1 Å². The molecule has 2 aromatic carbocycles. The van der Waals surface area contributed by atoms with E-state index in [0.717, 1.165) is 26.2 Å². The molecule has 0 bridgehead atoms. The highest BCUT2D eigenvalue weighted by atomic mass is 32.2. The van der Waals surface area contributed by atoms with Crippen LogP contribution in [0.2, 0.25) is 0 Å². The predicted octanol–water partition coefficient (Wildman–Crippen LogP) is 2.87. The summed E-state index contributed by atoms with van der Waals surface area (Å²) >= 11 is 1.82. The van der Waals surface area contributed by atoms with Gasteiger partial charge in [-0.3, -0.25) is 4.90 Å². The molecule has 0 unspecified atom stereocenters. The Morgan fingerprint density at radius 2 is 1.38 bits per heavy atom. The molecule has 4 rings (SSSR count). The van der Waals surface area contributed by atoms with Crippen molar-refractivity contribution in [3.8, 4) is 0 Å². The van der Waals surface area contributed by atoms with Gasteiger partial charge >= 0.3 is 0 Å². The van der Waals surface area contributed by atoms with Gasteiger partial charge < -0.3 is 4.90 Å². The van der Waals surface area contributed by atoms with E-state index in [1.807, 2.05) is 11.8 Å². The summed E-state index contributed by atoms with van der Waals surface area (Å²) in [4.78, 5) is 7.32. The lowest BCUT2D eigenvalue weighted by Crippen LogP contribution is -2.49. The molecule has 0 saturated carbocycles. The topological polar surface area (TPSA) is 43.9 Å². The number of rotatable bonds is 4. The average Bonchev–Trinajstić information content (AvgIpc) is 2.65. The third kappa shape index (κ3) is 3.62. The molecular weight excluding hydrogens is 366 g/mol. The van der Waals surface area contributed by atoms with Gasteiger partial charge in [-0.15, -0.1) is 0 Å². The number of sulfonamides is 1. The second-order valence-corrected chi connectivity index (χ2v) is 9.76. The van der Waals surface area contributed by atoms with Crippen molar-refractivity contribution in [3.05, 3.63) is 48.5 Å². The van der Waals surface area contributed by atoms with Crippen LogP contribution in [-0.4, -0.2) is 63.1 Å². The molecule has 2 aromatic rings. The van der Waals surface area contributed by atoms with Crippen molar-refractivity contribution in [1.29, 1.82) is 0 Å². The summed E-state index contributed by atoms with van der Waals surface area (Å²) in [5, 5.41) is 0. The molecule has 0 atom stereocenters. The molecule has 2 aliphatic heterocycles. The monoisotopic (exact) mass is 389 g/mol. The molecule has 2 heterocycles. The van der Waals surface area contributed by atoms with Crippen molar-refractivity contribution in [2.45, 2.75) is 9.79 Å². The molecule has 0 spiro atoms. The Bertz CT molecular complexity index is 848. The minimum atomic E-state index is -3.07. The minimum absolute atomic E-state index is 0.585. The molecule has 0 aromatic heterocycles. The fourth-order valence-electron chi connectivity index (χ4n) is 3.55. The summed E-state index contributed by atoms with van der Waals surface area (Å²) in [6, 6.07) is 17.1. The standard InChI is InChI=1S/C19H23N3O2S2/c1-26(23,24)21-13-10-20(11-14-21)12-15-22-16-6-2-4-8-18(16)25-19-9-5-3-7-17(19)22/h2-9H,10-15H2,1H3. The van der Waals surface area contributed by atoms with Crippen LogP contribution < -0.4 is 4.90 Å². The fourth-order valence-corrected chi connectivity index (χ4v) is 5.47. The number of nitrogens with zero attached hydrogens (tertiary/aromatic N) is 3. The molecular formula is C19H23N3O2S2. The number of hydrogen-bond acceptors (Lipinski definition) is 5. The molecule has 5 nitrogen and oxygen atoms in total. The molecule has 7 heteroatoms. The van der Waals surface area contributed by atoms with Gasteiger partial charge in [0, 0.05) is 49.1 Å². The number of hydrogen-bond donors (Lipinski definition) is 0. The van der Waals surface area contributed by atoms with Crippen LogP contribution in [-0.2, 0) is 10.0 Å². The van der Waals surface area contributed by atoms with Crippen molar-refractivity contribution >= 4 is 33.2 Å². The van der Waals surface area contributed by atoms with Gasteiger partial charge in [-0.25, -0.2) is 8.42 Å². The first-order valence-corrected chi connectivity index (χ1v) is 11.5. The molecule has 2 aliphatic rings. The number of benzene rings is 2. The maximum atomic E-state index is 11.7. The van der Waals surface area contributed by atoms with Gasteiger partial charge in [-0.1, -0.05) is 36.0 Å². The summed E-state index contributed by atoms with van der Waals surface area (Å²) in [6.45, 7) is 4.57. The molecule has 0 amide bonds. The third-order valence-electron chi connectivity index (χ3n) is 4.97. The number of piperazine rings is 1. The highest BCUT2D eigenvalue weighted by Crippen LogP contribution is 2.47. The van der Waals surface area contributed by atoms with Crippen LogP contribution in [0.1, 0.15) is 0 Å². The van der Waals surface area contributed by atoms with E-state index in [1.54, 1.807) is 4.31 Å². The van der Waals surface area contributed by atoms with Crippen LogP contribution in [0.3, 0.4) is 0 Å². The Morgan fingerprint density at radius 1 is 0.846 bits per heavy atom. The Morgan fingerprint density at radius 3 is 1.92 bits per heavy atom. The van der Waals surface area contributed by atoms with Crippen LogP contribution in [0.5, 0.6) is 0 Å². The van der Waals surface area contributed by atoms with Crippen LogP contribution in [0.25, 0.3) is 0 Å². The van der Waals surface area contributed by atoms with Gasteiger partial charge in [0.15, 0.2) is 0 Å². The van der Waals surface area contributed by atoms with Gasteiger partial charge in [0.1, 0.15) is 0 Å². The van der Waals surface area contributed by atoms with Gasteiger partial charge in [-0.2, -0.15) is 4.31 Å². The highest BCUT2D eigenvalue weighted by Gasteiger charge is 2.26. The Kier molecular flexibility index (Phi) is 4.96. The minimum Gasteiger partial charge on any atom is -0.338 e. The first kappa shape index (κ1) is 17.9. The van der Waals surface area contributed by atoms with Crippen LogP contribution >= 0.6 is 11.8 Å². The van der Waals surface area contributed by atoms with E-state index >= 15 is 0 Å². The van der Waals surface area contributed by atoms with Gasteiger partial charge in [0.05, 0.1) is 17.6 Å². The van der Waals surface area contributed by atoms with E-state index in [2.05, 4.69) is 58.3 Å². The van der Waals surface area contributed by atoms with Crippen molar-refractivity contribution in [3.63, 3.8) is 0 Å². The van der Waals surface area contributed by atoms with Crippen molar-refractivity contribution in [2.24, 2.45) is 0 Å². The first-order chi connectivity index (χ1) is 12.5. The fraction of sp³-hybridized carbons (Fsp3) is 0.368. The van der Waals surface area contributed by atoms with E-state index in [9.17, 15) is 8.42 Å². The zero-order valence-corrected chi connectivity index (χ0v) is 16.5. The van der Waals surface area contributed by atoms with E-state index in [4.69, 9.17) is 0 Å². The molecule has 1 saturated heterocycles. The summed E-state index contributed by atoms with van der Waals surface area (Å²) < 4.78 is 24.9. The lowest BCUT2D eigenvalue weighted by Gasteiger charge is -2.37. The average molecular weight is 390 g/mol. The zero-order chi connectivity index (χ0) is 18.1. The zero-order valence-electron chi connectivity index (χ0n) is 14.8. The second kappa shape index (κ2) is 7.23. The summed E-state index contributed by atoms with van der Waals surface area (Å²) in [6.07, 6.45) is 1.29. The first-order valence-electron chi connectivity index (χ1n) is 8.83. The van der Waals surface area contributed by atoms with Crippen LogP contribution in [0.4, 0.5) is 11.4 Å². The van der Waals surface area contributed by atoms with Crippen LogP contribution in [0.15, 0.2) is 58.3 Å². The quantitative estimate of drug-likeness (QED) is 0.805. The van der Waals surface area contributed by atoms with Gasteiger partial charge in [0.25, 0.3) is 0 Å². The molecule has 138 valence electrons. The maximum Gasteiger partial charge on any atom is 0.211 e. The lowest BCUT2D eigenvalue weighted by molar-refractivity contribution is 0.193. The maximum absolute atomic E-state index is 11.7. The van der Waals surface area contributed by atoms with Gasteiger partial charge in [-0.05, 0) is 24.3 Å². The molecule has 0 radical (unpaired) electrons. The van der Waals surface area contributed by atoms with Crippen molar-refractivity contribution < 1.29 is 8.42 Å². The summed E-state index contributed by atoms with van der Waals surface area (Å²) in [5.74, 6) is 0. The summed E-state index contributed by atoms with van der Waals surface area (Å²) in [5.41, 5.74) is 2.51. The Labute approximate surface area is 159 Å². The Balaban J connectivity index is 1.47. The smallest absolute Gasteiger partial charge is 0.211 e. The van der Waals surface area contributed by atoms with E-state index in [1.165, 1.54) is 27.4 Å². The SMILES string of the molecule is CS(=O)(=O)N1CCN(CCN2c3ccccc3Sc3ccccc32)CC1. The largest absolute Gasteiger partial charge is 0.338 e. The number of anilines is 2. The van der Waals surface area contributed by atoms with Gasteiger partial charge in [0.2, 0.25) is 10.0 Å². The molecule has 26 heavy (non-hydrogen) atoms. The molecule has 0 aliphatic carbocycles. The highest BCUT2D eigenvalue weighted by molar-refractivity contribution is 7.99. The molecule has 1 fully saturated rings. The van der Waals surface area contributed by atoms with E-state index in [-0.39, 0.29) is 0 Å². The summed E-state index contributed by atoms with van der Waals surface area (Å²) in [7, 11) is -3.07. The number of fused-ring (bicyclic) bond motifs is 2. The van der Waals surface area contributed by atoms with E-state index < -0.39 is 10.0 Å². The van der Waals surface area contributed by atoms with Crippen molar-refractivity contribution in [1.82, 2.24) is 9.21 Å². The third-order valence-corrected chi connectivity index (χ3v) is 7.41. The Hall–Kier alpha value is -1.54. The molecule has 0 N–H and O–H groups in total. The second-order valence-electron chi connectivity index (χ2n) is 6.69. The normalized spacial score (nSPS) is 18.4.